The van der Waals surface area contributed by atoms with E-state index in [9.17, 15) is 0 Å². The number of unbranched alkanes of at least 4 members (excludes halogenated alkanes) is 2. The van der Waals surface area contributed by atoms with E-state index >= 15 is 0 Å². The maximum atomic E-state index is 2.41. The molecule has 0 saturated carbocycles. The Morgan fingerprint density at radius 2 is 2.00 bits per heavy atom. The zero-order valence-electron chi connectivity index (χ0n) is 4.21. The molecule has 0 nitrogen and oxygen atoms in total. The molecule has 0 fully saturated rings. The van der Waals surface area contributed by atoms with Crippen molar-refractivity contribution in [1.29, 1.82) is 0 Å². The highest BCUT2D eigenvalue weighted by molar-refractivity contribution is 4.29. The predicted molar refractivity (Wildman–Crippen MR) is 24.4 cm³/mol. The summed E-state index contributed by atoms with van der Waals surface area (Å²) in [4.78, 5) is 0. The quantitative estimate of drug-likeness (QED) is 0.301. The van der Waals surface area contributed by atoms with Crippen molar-refractivity contribution in [3.63, 3.8) is 0 Å². The van der Waals surface area contributed by atoms with Crippen LogP contribution in [0.1, 0.15) is 26.2 Å². The van der Waals surface area contributed by atoms with Crippen LogP contribution < -0.4 is 22.6 Å². The summed E-state index contributed by atoms with van der Waals surface area (Å²) in [5, 5.41) is 0. The van der Waals surface area contributed by atoms with E-state index in [-0.39, 0.29) is 0 Å². The fourth-order valence-corrected chi connectivity index (χ4v) is 0.884. The third-order valence-electron chi connectivity index (χ3n) is 0.737. The van der Waals surface area contributed by atoms with Gasteiger partial charge in [-0.25, -0.2) is 0 Å². The molecule has 0 aliphatic carbocycles. The van der Waals surface area contributed by atoms with Gasteiger partial charge in [-0.05, 0) is 0 Å². The molecule has 0 aromatic rings. The first-order chi connectivity index (χ1) is 2.91. The van der Waals surface area contributed by atoms with Crippen molar-refractivity contribution in [2.24, 2.45) is 0 Å². The number of halogens is 1. The van der Waals surface area contributed by atoms with Crippen molar-refractivity contribution >= 4 is 0 Å². The maximum absolute atomic E-state index is 2.41. The van der Waals surface area contributed by atoms with Gasteiger partial charge >= 0.3 is 0 Å². The number of hydrogen-bond donors (Lipinski definition) is 0. The molecule has 0 N–H and O–H groups in total. The highest BCUT2D eigenvalue weighted by Gasteiger charge is 1.70. The lowest BCUT2D eigenvalue weighted by atomic mass is 10.3. The fourth-order valence-electron chi connectivity index (χ4n) is 0.344. The van der Waals surface area contributed by atoms with E-state index in [4.69, 9.17) is 0 Å². The lowest BCUT2D eigenvalue weighted by Crippen LogP contribution is -3.35. The summed E-state index contributed by atoms with van der Waals surface area (Å²) in [5.74, 6) is 0. The Kier molecular flexibility index (Phi) is 6.43. The van der Waals surface area contributed by atoms with Crippen LogP contribution in [0.3, 0.4) is 0 Å². The fraction of sp³-hybridized carbons (Fsp3) is 1.00. The first-order valence-electron chi connectivity index (χ1n) is 2.47. The molecule has 0 aromatic heterocycles. The monoisotopic (exact) mass is 198 g/mol. The van der Waals surface area contributed by atoms with Gasteiger partial charge in [0.05, 0.1) is 0 Å². The molecule has 0 heterocycles. The molecule has 0 unspecified atom stereocenters. The molecule has 1 radical (unpaired) electrons. The third-order valence-corrected chi connectivity index (χ3v) is 1.50. The number of alkyl halides is 1. The van der Waals surface area contributed by atoms with E-state index in [0.717, 1.165) is 0 Å². The van der Waals surface area contributed by atoms with Gasteiger partial charge < -0.3 is 22.6 Å². The molecule has 0 aliphatic rings. The van der Waals surface area contributed by atoms with E-state index in [1.54, 1.807) is 0 Å². The topological polar surface area (TPSA) is 0 Å². The Balaban J connectivity index is 2.34. The lowest BCUT2D eigenvalue weighted by Gasteiger charge is -1.97. The number of hydrogen-bond acceptors (Lipinski definition) is 0. The van der Waals surface area contributed by atoms with Crippen molar-refractivity contribution in [1.82, 2.24) is 0 Å². The maximum Gasteiger partial charge on any atom is -0.0554 e. The summed E-state index contributed by atoms with van der Waals surface area (Å²) in [6, 6.07) is 0. The normalized spacial score (nSPS) is 9.00. The molecule has 0 aromatic carbocycles. The van der Waals surface area contributed by atoms with Crippen molar-refractivity contribution < 1.29 is 22.6 Å². The Morgan fingerprint density at radius 1 is 1.33 bits per heavy atom. The molecule has 0 amide bonds. The standard InChI is InChI=1S/C5H11I/c1-2-3-4-5-6/h2-5H2,1H3/q-1. The molecule has 0 atom stereocenters. The molecular weight excluding hydrogens is 187 g/mol. The summed E-state index contributed by atoms with van der Waals surface area (Å²) in [6.07, 6.45) is 4.16. The van der Waals surface area contributed by atoms with Gasteiger partial charge in [0, 0.05) is 0 Å². The van der Waals surface area contributed by atoms with Crippen LogP contribution in [0.2, 0.25) is 0 Å². The summed E-state index contributed by atoms with van der Waals surface area (Å²) < 4.78 is 1.32. The number of rotatable bonds is 3. The van der Waals surface area contributed by atoms with Crippen molar-refractivity contribution in [2.45, 2.75) is 26.2 Å². The summed E-state index contributed by atoms with van der Waals surface area (Å²) >= 11 is 2.41. The highest BCUT2D eigenvalue weighted by atomic mass is 127. The highest BCUT2D eigenvalue weighted by Crippen LogP contribution is 1.87. The molecule has 39 valence electrons. The molecule has 0 saturated heterocycles. The van der Waals surface area contributed by atoms with Crippen LogP contribution in [-0.2, 0) is 0 Å². The first-order valence-corrected chi connectivity index (χ1v) is 4.00. The van der Waals surface area contributed by atoms with Crippen LogP contribution in [0.5, 0.6) is 0 Å². The largest absolute Gasteiger partial charge is 0.797 e. The molecule has 0 aliphatic heterocycles. The van der Waals surface area contributed by atoms with Crippen LogP contribution in [0.4, 0.5) is 0 Å². The molecular formula is C5H11I-. The lowest BCUT2D eigenvalue weighted by molar-refractivity contribution is -0.368. The second-order valence-electron chi connectivity index (χ2n) is 1.40. The third kappa shape index (κ3) is 4.73. The minimum absolute atomic E-state index is 1.32. The van der Waals surface area contributed by atoms with Crippen molar-refractivity contribution in [3.05, 3.63) is 0 Å². The van der Waals surface area contributed by atoms with Crippen LogP contribution in [0.25, 0.3) is 0 Å². The van der Waals surface area contributed by atoms with E-state index in [2.05, 4.69) is 29.5 Å². The van der Waals surface area contributed by atoms with Crippen molar-refractivity contribution in [2.75, 3.05) is 4.43 Å². The average Bonchev–Trinajstić information content (AvgIpc) is 1.61. The van der Waals surface area contributed by atoms with Crippen LogP contribution in [0, 0.1) is 0 Å². The zero-order valence-corrected chi connectivity index (χ0v) is 6.36. The van der Waals surface area contributed by atoms with E-state index in [1.165, 1.54) is 23.7 Å². The van der Waals surface area contributed by atoms with Gasteiger partial charge in [-0.3, -0.25) is 0 Å². The van der Waals surface area contributed by atoms with E-state index < -0.39 is 0 Å². The van der Waals surface area contributed by atoms with Crippen LogP contribution in [-0.4, -0.2) is 4.43 Å². The SMILES string of the molecule is CCCCC[I-]. The first kappa shape index (κ1) is 6.73. The Morgan fingerprint density at radius 3 is 2.17 bits per heavy atom. The predicted octanol–water partition coefficient (Wildman–Crippen LogP) is -1.27. The van der Waals surface area contributed by atoms with Gasteiger partial charge in [0.15, 0.2) is 0 Å². The van der Waals surface area contributed by atoms with Gasteiger partial charge in [0.1, 0.15) is 0 Å². The molecule has 6 heavy (non-hydrogen) atoms. The summed E-state index contributed by atoms with van der Waals surface area (Å²) in [5.41, 5.74) is 0. The van der Waals surface area contributed by atoms with Crippen molar-refractivity contribution in [3.8, 4) is 0 Å². The molecule has 0 spiro atoms. The van der Waals surface area contributed by atoms with E-state index in [1.807, 2.05) is 0 Å². The average molecular weight is 198 g/mol. The second-order valence-corrected chi connectivity index (χ2v) is 2.47. The van der Waals surface area contributed by atoms with Gasteiger partial charge in [0.25, 0.3) is 0 Å². The van der Waals surface area contributed by atoms with Crippen LogP contribution >= 0.6 is 0 Å². The Hall–Kier alpha value is 0.730. The van der Waals surface area contributed by atoms with Gasteiger partial charge in [-0.1, -0.05) is 26.2 Å². The minimum Gasteiger partial charge on any atom is -0.797 e. The Labute approximate surface area is 53.5 Å². The van der Waals surface area contributed by atoms with E-state index in [0.29, 0.717) is 0 Å². The van der Waals surface area contributed by atoms with Gasteiger partial charge in [-0.15, -0.1) is 0 Å². The molecule has 0 rings (SSSR count). The molecule has 1 heteroatoms. The van der Waals surface area contributed by atoms with Crippen LogP contribution in [0.15, 0.2) is 0 Å². The zero-order chi connectivity index (χ0) is 4.83. The smallest absolute Gasteiger partial charge is 0.0554 e. The summed E-state index contributed by atoms with van der Waals surface area (Å²) in [6.45, 7) is 2.23. The second kappa shape index (κ2) is 5.73. The Bertz CT molecular complexity index is 15.9. The summed E-state index contributed by atoms with van der Waals surface area (Å²) in [7, 11) is 0. The minimum atomic E-state index is 1.32. The van der Waals surface area contributed by atoms with Gasteiger partial charge in [0.2, 0.25) is 0 Å². The van der Waals surface area contributed by atoms with Gasteiger partial charge in [-0.2, -0.15) is 4.43 Å². The molecule has 0 bridgehead atoms.